The molecule has 0 aliphatic carbocycles. The molecule has 2 rings (SSSR count). The Balaban J connectivity index is 2.49. The van der Waals surface area contributed by atoms with E-state index in [0.29, 0.717) is 12.2 Å². The summed E-state index contributed by atoms with van der Waals surface area (Å²) in [4.78, 5) is 12.2. The summed E-state index contributed by atoms with van der Waals surface area (Å²) >= 11 is 0. The molecule has 0 bridgehead atoms. The highest BCUT2D eigenvalue weighted by molar-refractivity contribution is 5.92. The van der Waals surface area contributed by atoms with Gasteiger partial charge in [-0.1, -0.05) is 56.3 Å². The maximum absolute atomic E-state index is 12.2. The zero-order valence-electron chi connectivity index (χ0n) is 15.7. The quantitative estimate of drug-likeness (QED) is 0.591. The molecule has 0 amide bonds. The lowest BCUT2D eigenvalue weighted by Crippen LogP contribution is -2.25. The molecule has 0 aliphatic heterocycles. The monoisotopic (exact) mass is 354 g/mol. The molecule has 0 heterocycles. The normalized spacial score (nSPS) is 13.2. The van der Waals surface area contributed by atoms with E-state index in [-0.39, 0.29) is 0 Å². The van der Waals surface area contributed by atoms with E-state index in [9.17, 15) is 9.90 Å². The van der Waals surface area contributed by atoms with Gasteiger partial charge in [0.25, 0.3) is 0 Å². The minimum atomic E-state index is -0.786. The summed E-state index contributed by atoms with van der Waals surface area (Å²) in [5.41, 5.74) is 1.61. The largest absolute Gasteiger partial charge is 0.497 e. The van der Waals surface area contributed by atoms with Crippen molar-refractivity contribution in [3.05, 3.63) is 71.8 Å². The Bertz CT molecular complexity index is 745. The fraction of sp³-hybridized carbons (Fsp3) is 0.318. The molecule has 0 aliphatic rings. The van der Waals surface area contributed by atoms with Gasteiger partial charge in [-0.25, -0.2) is 4.79 Å². The number of benzene rings is 2. The van der Waals surface area contributed by atoms with Crippen LogP contribution in [0.1, 0.15) is 38.0 Å². The van der Waals surface area contributed by atoms with Gasteiger partial charge in [-0.15, -0.1) is 0 Å². The number of methoxy groups -OCH3 is 1. The van der Waals surface area contributed by atoms with Crippen molar-refractivity contribution in [3.63, 3.8) is 0 Å². The third kappa shape index (κ3) is 4.52. The Morgan fingerprint density at radius 3 is 2.27 bits per heavy atom. The predicted molar refractivity (Wildman–Crippen MR) is 103 cm³/mol. The second-order valence-corrected chi connectivity index (χ2v) is 6.57. The Labute approximate surface area is 155 Å². The van der Waals surface area contributed by atoms with Gasteiger partial charge in [0.15, 0.2) is 0 Å². The second-order valence-electron chi connectivity index (χ2n) is 6.57. The molecule has 0 spiro atoms. The fourth-order valence-corrected chi connectivity index (χ4v) is 2.91. The van der Waals surface area contributed by atoms with Crippen LogP contribution in [0.25, 0.3) is 5.57 Å². The van der Waals surface area contributed by atoms with E-state index in [1.807, 2.05) is 68.4 Å². The zero-order valence-corrected chi connectivity index (χ0v) is 15.7. The second kappa shape index (κ2) is 8.68. The number of ether oxygens (including phenoxy) is 2. The smallest absolute Gasteiger partial charge is 0.331 e. The number of carbonyl (C=O) groups is 1. The molecule has 4 heteroatoms. The van der Waals surface area contributed by atoms with Crippen molar-refractivity contribution in [2.45, 2.75) is 26.9 Å². The Morgan fingerprint density at radius 2 is 1.73 bits per heavy atom. The van der Waals surface area contributed by atoms with Crippen LogP contribution in [0.3, 0.4) is 0 Å². The van der Waals surface area contributed by atoms with Crippen molar-refractivity contribution in [1.82, 2.24) is 0 Å². The van der Waals surface area contributed by atoms with Gasteiger partial charge in [-0.3, -0.25) is 0 Å². The minimum Gasteiger partial charge on any atom is -0.497 e. The SMILES string of the molecule is CCOC(=O)/C=C(\c1ccc(OC)cc1)C(C)(C)C(O)c1ccccc1. The summed E-state index contributed by atoms with van der Waals surface area (Å²) in [5, 5.41) is 11.0. The highest BCUT2D eigenvalue weighted by Crippen LogP contribution is 2.44. The molecule has 4 nitrogen and oxygen atoms in total. The van der Waals surface area contributed by atoms with Crippen LogP contribution in [0, 0.1) is 5.41 Å². The number of hydrogen-bond donors (Lipinski definition) is 1. The van der Waals surface area contributed by atoms with Crippen LogP contribution in [0.15, 0.2) is 60.7 Å². The summed E-state index contributed by atoms with van der Waals surface area (Å²) in [6.07, 6.45) is 0.684. The highest BCUT2D eigenvalue weighted by Gasteiger charge is 2.34. The minimum absolute atomic E-state index is 0.299. The van der Waals surface area contributed by atoms with Crippen molar-refractivity contribution in [1.29, 1.82) is 0 Å². The van der Waals surface area contributed by atoms with Crippen molar-refractivity contribution in [3.8, 4) is 5.75 Å². The van der Waals surface area contributed by atoms with Gasteiger partial charge < -0.3 is 14.6 Å². The van der Waals surface area contributed by atoms with Crippen LogP contribution in [-0.4, -0.2) is 24.8 Å². The summed E-state index contributed by atoms with van der Waals surface area (Å²) in [6.45, 7) is 5.90. The van der Waals surface area contributed by atoms with Gasteiger partial charge in [0, 0.05) is 11.5 Å². The standard InChI is InChI=1S/C22H26O4/c1-5-26-20(23)15-19(16-11-13-18(25-4)14-12-16)22(2,3)21(24)17-9-7-6-8-10-17/h6-15,21,24H,5H2,1-4H3/b19-15+. The van der Waals surface area contributed by atoms with E-state index in [1.54, 1.807) is 14.0 Å². The van der Waals surface area contributed by atoms with Crippen LogP contribution in [-0.2, 0) is 9.53 Å². The predicted octanol–water partition coefficient (Wildman–Crippen LogP) is 4.40. The molecule has 1 N–H and O–H groups in total. The van der Waals surface area contributed by atoms with E-state index in [2.05, 4.69) is 0 Å². The molecule has 0 saturated heterocycles. The number of aliphatic hydroxyl groups is 1. The van der Waals surface area contributed by atoms with Crippen molar-refractivity contribution < 1.29 is 19.4 Å². The molecule has 1 atom stereocenters. The third-order valence-corrected chi connectivity index (χ3v) is 4.44. The lowest BCUT2D eigenvalue weighted by Gasteiger charge is -2.34. The van der Waals surface area contributed by atoms with Gasteiger partial charge in [0.2, 0.25) is 0 Å². The number of esters is 1. The van der Waals surface area contributed by atoms with Gasteiger partial charge in [0.05, 0.1) is 19.8 Å². The summed E-state index contributed by atoms with van der Waals surface area (Å²) in [5.74, 6) is 0.303. The first-order valence-corrected chi connectivity index (χ1v) is 8.66. The molecule has 1 unspecified atom stereocenters. The fourth-order valence-electron chi connectivity index (χ4n) is 2.91. The molecular weight excluding hydrogens is 328 g/mol. The molecule has 138 valence electrons. The average Bonchev–Trinajstić information content (AvgIpc) is 2.66. The molecule has 2 aromatic rings. The zero-order chi connectivity index (χ0) is 19.2. The Kier molecular flexibility index (Phi) is 6.58. The van der Waals surface area contributed by atoms with Crippen LogP contribution >= 0.6 is 0 Å². The van der Waals surface area contributed by atoms with Gasteiger partial charge >= 0.3 is 5.97 Å². The van der Waals surface area contributed by atoms with Gasteiger partial charge in [-0.2, -0.15) is 0 Å². The summed E-state index contributed by atoms with van der Waals surface area (Å²) in [6, 6.07) is 16.9. The third-order valence-electron chi connectivity index (χ3n) is 4.44. The van der Waals surface area contributed by atoms with Crippen molar-refractivity contribution in [2.75, 3.05) is 13.7 Å². The number of carbonyl (C=O) groups excluding carboxylic acids is 1. The Hall–Kier alpha value is -2.59. The lowest BCUT2D eigenvalue weighted by molar-refractivity contribution is -0.137. The number of rotatable bonds is 7. The summed E-state index contributed by atoms with van der Waals surface area (Å²) in [7, 11) is 1.60. The van der Waals surface area contributed by atoms with Crippen LogP contribution in [0.2, 0.25) is 0 Å². The molecular formula is C22H26O4. The Morgan fingerprint density at radius 1 is 1.12 bits per heavy atom. The number of hydrogen-bond acceptors (Lipinski definition) is 4. The maximum Gasteiger partial charge on any atom is 0.331 e. The highest BCUT2D eigenvalue weighted by atomic mass is 16.5. The van der Waals surface area contributed by atoms with Gasteiger partial charge in [-0.05, 0) is 35.8 Å². The number of aliphatic hydroxyl groups excluding tert-OH is 1. The van der Waals surface area contributed by atoms with Gasteiger partial charge in [0.1, 0.15) is 5.75 Å². The molecule has 0 radical (unpaired) electrons. The molecule has 0 saturated carbocycles. The van der Waals surface area contributed by atoms with E-state index < -0.39 is 17.5 Å². The van der Waals surface area contributed by atoms with E-state index >= 15 is 0 Å². The van der Waals surface area contributed by atoms with Crippen LogP contribution < -0.4 is 4.74 Å². The maximum atomic E-state index is 12.2. The molecule has 0 aromatic heterocycles. The first kappa shape index (κ1) is 19.7. The lowest BCUT2D eigenvalue weighted by atomic mass is 9.73. The van der Waals surface area contributed by atoms with Crippen LogP contribution in [0.5, 0.6) is 5.75 Å². The molecule has 26 heavy (non-hydrogen) atoms. The van der Waals surface area contributed by atoms with Crippen molar-refractivity contribution >= 4 is 11.5 Å². The van der Waals surface area contributed by atoms with E-state index in [4.69, 9.17) is 9.47 Å². The topological polar surface area (TPSA) is 55.8 Å². The summed E-state index contributed by atoms with van der Waals surface area (Å²) < 4.78 is 10.3. The van der Waals surface area contributed by atoms with Crippen LogP contribution in [0.4, 0.5) is 0 Å². The first-order valence-electron chi connectivity index (χ1n) is 8.66. The molecule has 0 fully saturated rings. The van der Waals surface area contributed by atoms with E-state index in [0.717, 1.165) is 16.9 Å². The molecule has 2 aromatic carbocycles. The first-order chi connectivity index (χ1) is 12.4. The average molecular weight is 354 g/mol. The van der Waals surface area contributed by atoms with Crippen molar-refractivity contribution in [2.24, 2.45) is 5.41 Å². The van der Waals surface area contributed by atoms with E-state index in [1.165, 1.54) is 6.08 Å².